The van der Waals surface area contributed by atoms with E-state index in [2.05, 4.69) is 15.6 Å². The molecule has 0 atom stereocenters. The lowest BCUT2D eigenvalue weighted by molar-refractivity contribution is -0.115. The van der Waals surface area contributed by atoms with Crippen molar-refractivity contribution < 1.29 is 19.5 Å². The maximum Gasteiger partial charge on any atom is 0.335 e. The number of benzene rings is 2. The van der Waals surface area contributed by atoms with Crippen LogP contribution in [0.15, 0.2) is 73.1 Å². The first kappa shape index (κ1) is 18.8. The molecule has 0 aliphatic rings. The molecule has 2 amide bonds. The summed E-state index contributed by atoms with van der Waals surface area (Å²) in [6.45, 7) is 0. The second-order valence-electron chi connectivity index (χ2n) is 5.96. The van der Waals surface area contributed by atoms with Crippen LogP contribution in [0.4, 0.5) is 11.4 Å². The van der Waals surface area contributed by atoms with E-state index in [0.717, 1.165) is 0 Å². The fourth-order valence-corrected chi connectivity index (χ4v) is 2.61. The van der Waals surface area contributed by atoms with E-state index in [4.69, 9.17) is 0 Å². The molecule has 0 unspecified atom stereocenters. The highest BCUT2D eigenvalue weighted by Gasteiger charge is 2.13. The van der Waals surface area contributed by atoms with Gasteiger partial charge in [-0.1, -0.05) is 18.2 Å². The number of hydrogen-bond donors (Lipinski definition) is 3. The zero-order valence-electron chi connectivity index (χ0n) is 14.8. The molecule has 0 saturated carbocycles. The van der Waals surface area contributed by atoms with Gasteiger partial charge in [0.1, 0.15) is 0 Å². The number of anilines is 2. The Bertz CT molecular complexity index is 1000. The monoisotopic (exact) mass is 375 g/mol. The van der Waals surface area contributed by atoms with E-state index < -0.39 is 5.97 Å². The Labute approximate surface area is 161 Å². The minimum Gasteiger partial charge on any atom is -0.478 e. The van der Waals surface area contributed by atoms with Crippen LogP contribution in [0.2, 0.25) is 0 Å². The smallest absolute Gasteiger partial charge is 0.335 e. The molecule has 7 nitrogen and oxygen atoms in total. The van der Waals surface area contributed by atoms with Gasteiger partial charge in [0.2, 0.25) is 5.91 Å². The SMILES string of the molecule is O=C(Cc1ccccc1C(=O)O)Nc1ccc(C(=O)Nc2cccnc2)cc1. The first-order valence-electron chi connectivity index (χ1n) is 8.45. The maximum atomic E-state index is 12.2. The van der Waals surface area contributed by atoms with Crippen molar-refractivity contribution in [2.24, 2.45) is 0 Å². The second kappa shape index (κ2) is 8.59. The van der Waals surface area contributed by atoms with Crippen LogP contribution in [0.25, 0.3) is 0 Å². The number of aromatic nitrogens is 1. The topological polar surface area (TPSA) is 108 Å². The first-order valence-corrected chi connectivity index (χ1v) is 8.45. The Kier molecular flexibility index (Phi) is 5.76. The number of carbonyl (C=O) groups is 3. The highest BCUT2D eigenvalue weighted by atomic mass is 16.4. The molecule has 140 valence electrons. The highest BCUT2D eigenvalue weighted by molar-refractivity contribution is 6.04. The average Bonchev–Trinajstić information content (AvgIpc) is 2.69. The molecule has 0 spiro atoms. The molecule has 0 radical (unpaired) electrons. The lowest BCUT2D eigenvalue weighted by atomic mass is 10.0. The fraction of sp³-hybridized carbons (Fsp3) is 0.0476. The van der Waals surface area contributed by atoms with Crippen LogP contribution in [-0.2, 0) is 11.2 Å². The Hall–Kier alpha value is -4.00. The van der Waals surface area contributed by atoms with Gasteiger partial charge in [0, 0.05) is 17.4 Å². The Morgan fingerprint density at radius 3 is 2.29 bits per heavy atom. The predicted octanol–water partition coefficient (Wildman–Crippen LogP) is 3.21. The zero-order valence-corrected chi connectivity index (χ0v) is 14.8. The van der Waals surface area contributed by atoms with Gasteiger partial charge in [0.25, 0.3) is 5.91 Å². The number of nitrogens with one attached hydrogen (secondary N) is 2. The lowest BCUT2D eigenvalue weighted by Crippen LogP contribution is -2.17. The van der Waals surface area contributed by atoms with Crippen LogP contribution in [0.1, 0.15) is 26.3 Å². The molecule has 0 saturated heterocycles. The largest absolute Gasteiger partial charge is 0.478 e. The molecular weight excluding hydrogens is 358 g/mol. The number of carboxylic acids is 1. The molecule has 1 aromatic heterocycles. The third-order valence-electron chi connectivity index (χ3n) is 3.95. The summed E-state index contributed by atoms with van der Waals surface area (Å²) < 4.78 is 0. The van der Waals surface area contributed by atoms with Crippen LogP contribution >= 0.6 is 0 Å². The quantitative estimate of drug-likeness (QED) is 0.613. The van der Waals surface area contributed by atoms with Crippen molar-refractivity contribution in [1.29, 1.82) is 0 Å². The van der Waals surface area contributed by atoms with Crippen molar-refractivity contribution >= 4 is 29.2 Å². The van der Waals surface area contributed by atoms with Gasteiger partial charge in [-0.2, -0.15) is 0 Å². The predicted molar refractivity (Wildman–Crippen MR) is 104 cm³/mol. The summed E-state index contributed by atoms with van der Waals surface area (Å²) in [6, 6.07) is 16.2. The van der Waals surface area contributed by atoms with Gasteiger partial charge >= 0.3 is 5.97 Å². The standard InChI is InChI=1S/C21H17N3O4/c25-19(12-15-4-1-2-6-18(15)21(27)28)23-16-9-7-14(8-10-16)20(26)24-17-5-3-11-22-13-17/h1-11,13H,12H2,(H,23,25)(H,24,26)(H,27,28). The van der Waals surface area contributed by atoms with Gasteiger partial charge in [-0.3, -0.25) is 14.6 Å². The number of aromatic carboxylic acids is 1. The van der Waals surface area contributed by atoms with Crippen LogP contribution in [0.5, 0.6) is 0 Å². The second-order valence-corrected chi connectivity index (χ2v) is 5.96. The number of nitrogens with zero attached hydrogens (tertiary/aromatic N) is 1. The van der Waals surface area contributed by atoms with Crippen molar-refractivity contribution in [2.75, 3.05) is 10.6 Å². The first-order chi connectivity index (χ1) is 13.5. The fourth-order valence-electron chi connectivity index (χ4n) is 2.61. The minimum atomic E-state index is -1.08. The van der Waals surface area contributed by atoms with Crippen molar-refractivity contribution in [1.82, 2.24) is 4.98 Å². The van der Waals surface area contributed by atoms with Crippen LogP contribution in [-0.4, -0.2) is 27.9 Å². The summed E-state index contributed by atoms with van der Waals surface area (Å²) in [5.74, 6) is -1.71. The summed E-state index contributed by atoms with van der Waals surface area (Å²) in [5.41, 5.74) is 2.05. The molecule has 0 bridgehead atoms. The van der Waals surface area contributed by atoms with E-state index in [1.54, 1.807) is 67.0 Å². The number of carboxylic acid groups (broad SMARTS) is 1. The molecule has 1 heterocycles. The van der Waals surface area contributed by atoms with Gasteiger partial charge in [-0.05, 0) is 48.0 Å². The van der Waals surface area contributed by atoms with Crippen molar-refractivity contribution in [2.45, 2.75) is 6.42 Å². The van der Waals surface area contributed by atoms with E-state index in [0.29, 0.717) is 22.5 Å². The molecule has 7 heteroatoms. The van der Waals surface area contributed by atoms with Crippen molar-refractivity contribution in [3.63, 3.8) is 0 Å². The summed E-state index contributed by atoms with van der Waals surface area (Å²) in [5, 5.41) is 14.6. The highest BCUT2D eigenvalue weighted by Crippen LogP contribution is 2.14. The van der Waals surface area contributed by atoms with Gasteiger partial charge < -0.3 is 15.7 Å². The summed E-state index contributed by atoms with van der Waals surface area (Å²) in [7, 11) is 0. The number of hydrogen-bond acceptors (Lipinski definition) is 4. The van der Waals surface area contributed by atoms with E-state index in [1.807, 2.05) is 0 Å². The van der Waals surface area contributed by atoms with Gasteiger partial charge in [-0.25, -0.2) is 4.79 Å². The zero-order chi connectivity index (χ0) is 19.9. The molecule has 3 N–H and O–H groups in total. The molecule has 0 fully saturated rings. The van der Waals surface area contributed by atoms with E-state index in [1.165, 1.54) is 6.07 Å². The number of pyridine rings is 1. The van der Waals surface area contributed by atoms with E-state index in [9.17, 15) is 19.5 Å². The van der Waals surface area contributed by atoms with E-state index in [-0.39, 0.29) is 23.8 Å². The number of carbonyl (C=O) groups excluding carboxylic acids is 2. The Balaban J connectivity index is 1.62. The third-order valence-corrected chi connectivity index (χ3v) is 3.95. The summed E-state index contributed by atoms with van der Waals surface area (Å²) in [6.07, 6.45) is 3.09. The van der Waals surface area contributed by atoms with Gasteiger partial charge in [0.05, 0.1) is 23.9 Å². The molecule has 3 rings (SSSR count). The molecule has 2 aromatic carbocycles. The number of rotatable bonds is 6. The third kappa shape index (κ3) is 4.79. The van der Waals surface area contributed by atoms with Crippen LogP contribution < -0.4 is 10.6 Å². The average molecular weight is 375 g/mol. The summed E-state index contributed by atoms with van der Waals surface area (Å²) in [4.78, 5) is 39.6. The lowest BCUT2D eigenvalue weighted by Gasteiger charge is -2.09. The van der Waals surface area contributed by atoms with Crippen LogP contribution in [0.3, 0.4) is 0 Å². The Morgan fingerprint density at radius 2 is 1.61 bits per heavy atom. The molecular formula is C21H17N3O4. The number of amides is 2. The van der Waals surface area contributed by atoms with E-state index >= 15 is 0 Å². The minimum absolute atomic E-state index is 0.0638. The molecule has 28 heavy (non-hydrogen) atoms. The Morgan fingerprint density at radius 1 is 0.857 bits per heavy atom. The van der Waals surface area contributed by atoms with Gasteiger partial charge in [-0.15, -0.1) is 0 Å². The normalized spacial score (nSPS) is 10.1. The van der Waals surface area contributed by atoms with Crippen molar-refractivity contribution in [3.8, 4) is 0 Å². The summed E-state index contributed by atoms with van der Waals surface area (Å²) >= 11 is 0. The van der Waals surface area contributed by atoms with Crippen molar-refractivity contribution in [3.05, 3.63) is 89.7 Å². The molecule has 3 aromatic rings. The molecule has 0 aliphatic carbocycles. The van der Waals surface area contributed by atoms with Gasteiger partial charge in [0.15, 0.2) is 0 Å². The van der Waals surface area contributed by atoms with Crippen LogP contribution in [0, 0.1) is 0 Å². The molecule has 0 aliphatic heterocycles. The maximum absolute atomic E-state index is 12.2.